The molecular formula is C19H27NO4. The molecule has 132 valence electrons. The van der Waals surface area contributed by atoms with Crippen molar-refractivity contribution < 1.29 is 19.1 Å². The molecule has 1 aromatic rings. The molecule has 1 aliphatic rings. The molecule has 1 saturated heterocycles. The maximum Gasteiger partial charge on any atom is 0.309 e. The maximum absolute atomic E-state index is 12.6. The Hall–Kier alpha value is -2.04. The molecule has 0 radical (unpaired) electrons. The second-order valence-corrected chi connectivity index (χ2v) is 6.38. The van der Waals surface area contributed by atoms with E-state index in [0.717, 1.165) is 16.9 Å². The number of esters is 1. The first kappa shape index (κ1) is 18.3. The van der Waals surface area contributed by atoms with Crippen molar-refractivity contribution in [2.24, 2.45) is 5.92 Å². The number of hydrogen-bond acceptors (Lipinski definition) is 4. The van der Waals surface area contributed by atoms with Crippen molar-refractivity contribution in [1.29, 1.82) is 0 Å². The molecule has 24 heavy (non-hydrogen) atoms. The molecule has 0 unspecified atom stereocenters. The number of aryl methyl sites for hydroxylation is 2. The number of rotatable bonds is 5. The molecule has 1 aromatic carbocycles. The fraction of sp³-hybridized carbons (Fsp3) is 0.579. The van der Waals surface area contributed by atoms with Crippen LogP contribution in [0.4, 0.5) is 0 Å². The van der Waals surface area contributed by atoms with Crippen molar-refractivity contribution in [2.75, 3.05) is 19.7 Å². The summed E-state index contributed by atoms with van der Waals surface area (Å²) in [6, 6.07) is 5.97. The van der Waals surface area contributed by atoms with Crippen molar-refractivity contribution in [1.82, 2.24) is 4.90 Å². The summed E-state index contributed by atoms with van der Waals surface area (Å²) in [6.45, 7) is 9.10. The van der Waals surface area contributed by atoms with E-state index in [1.165, 1.54) is 0 Å². The predicted octanol–water partition coefficient (Wildman–Crippen LogP) is 2.87. The van der Waals surface area contributed by atoms with Gasteiger partial charge in [0.2, 0.25) is 0 Å². The van der Waals surface area contributed by atoms with Crippen LogP contribution in [0.25, 0.3) is 0 Å². The lowest BCUT2D eigenvalue weighted by Gasteiger charge is -2.32. The summed E-state index contributed by atoms with van der Waals surface area (Å²) in [5.74, 6) is 0.476. The van der Waals surface area contributed by atoms with Gasteiger partial charge in [-0.25, -0.2) is 0 Å². The minimum absolute atomic E-state index is 0.0294. The molecule has 1 amide bonds. The second kappa shape index (κ2) is 8.18. The highest BCUT2D eigenvalue weighted by Crippen LogP contribution is 2.23. The van der Waals surface area contributed by atoms with Crippen LogP contribution in [0.5, 0.6) is 5.75 Å². The summed E-state index contributed by atoms with van der Waals surface area (Å²) < 4.78 is 10.9. The summed E-state index contributed by atoms with van der Waals surface area (Å²) in [6.07, 6.45) is 0.770. The Balaban J connectivity index is 1.90. The van der Waals surface area contributed by atoms with Crippen LogP contribution in [-0.4, -0.2) is 42.6 Å². The van der Waals surface area contributed by atoms with Gasteiger partial charge >= 0.3 is 5.97 Å². The average Bonchev–Trinajstić information content (AvgIpc) is 2.57. The van der Waals surface area contributed by atoms with Gasteiger partial charge in [-0.1, -0.05) is 12.1 Å². The van der Waals surface area contributed by atoms with E-state index in [-0.39, 0.29) is 17.8 Å². The topological polar surface area (TPSA) is 55.8 Å². The Kier molecular flexibility index (Phi) is 6.23. The SMILES string of the molecule is CCOC(=O)C1CCN(C(=O)[C@H](C)Oc2cc(C)ccc2C)CC1. The number of benzene rings is 1. The minimum Gasteiger partial charge on any atom is -0.481 e. The molecule has 0 spiro atoms. The molecule has 0 bridgehead atoms. The van der Waals surface area contributed by atoms with Gasteiger partial charge in [0.1, 0.15) is 5.75 Å². The summed E-state index contributed by atoms with van der Waals surface area (Å²) in [5, 5.41) is 0. The van der Waals surface area contributed by atoms with Crippen molar-refractivity contribution in [2.45, 2.75) is 46.6 Å². The minimum atomic E-state index is -0.537. The second-order valence-electron chi connectivity index (χ2n) is 6.38. The Labute approximate surface area is 143 Å². The van der Waals surface area contributed by atoms with Crippen molar-refractivity contribution in [3.63, 3.8) is 0 Å². The highest BCUT2D eigenvalue weighted by atomic mass is 16.5. The van der Waals surface area contributed by atoms with Gasteiger partial charge < -0.3 is 14.4 Å². The van der Waals surface area contributed by atoms with Crippen molar-refractivity contribution >= 4 is 11.9 Å². The number of carbonyl (C=O) groups is 2. The van der Waals surface area contributed by atoms with E-state index in [4.69, 9.17) is 9.47 Å². The van der Waals surface area contributed by atoms with Crippen LogP contribution in [-0.2, 0) is 14.3 Å². The standard InChI is InChI=1S/C19H27NO4/c1-5-23-19(22)16-8-10-20(11-9-16)18(21)15(4)24-17-12-13(2)6-7-14(17)3/h6-7,12,15-16H,5,8-11H2,1-4H3/t15-/m0/s1. The third-order valence-corrected chi connectivity index (χ3v) is 4.42. The van der Waals surface area contributed by atoms with Crippen molar-refractivity contribution in [3.05, 3.63) is 29.3 Å². The van der Waals surface area contributed by atoms with E-state index in [1.54, 1.807) is 11.8 Å². The third-order valence-electron chi connectivity index (χ3n) is 4.42. The smallest absolute Gasteiger partial charge is 0.309 e. The molecule has 0 N–H and O–H groups in total. The van der Waals surface area contributed by atoms with Gasteiger partial charge in [0, 0.05) is 13.1 Å². The molecule has 1 heterocycles. The largest absolute Gasteiger partial charge is 0.481 e. The van der Waals surface area contributed by atoms with Crippen LogP contribution in [0.1, 0.15) is 37.8 Å². The van der Waals surface area contributed by atoms with Crippen LogP contribution >= 0.6 is 0 Å². The highest BCUT2D eigenvalue weighted by Gasteiger charge is 2.30. The number of piperidine rings is 1. The normalized spacial score (nSPS) is 16.6. The summed E-state index contributed by atoms with van der Waals surface area (Å²) in [5.41, 5.74) is 2.12. The number of amides is 1. The zero-order valence-corrected chi connectivity index (χ0v) is 15.0. The molecule has 1 atom stereocenters. The molecule has 2 rings (SSSR count). The number of carbonyl (C=O) groups excluding carboxylic acids is 2. The van der Waals surface area contributed by atoms with Gasteiger partial charge in [0.25, 0.3) is 5.91 Å². The van der Waals surface area contributed by atoms with Crippen LogP contribution in [0.15, 0.2) is 18.2 Å². The quantitative estimate of drug-likeness (QED) is 0.778. The molecule has 5 heteroatoms. The van der Waals surface area contributed by atoms with E-state index in [0.29, 0.717) is 32.5 Å². The van der Waals surface area contributed by atoms with E-state index in [9.17, 15) is 9.59 Å². The van der Waals surface area contributed by atoms with Gasteiger partial charge in [-0.2, -0.15) is 0 Å². The first-order valence-electron chi connectivity index (χ1n) is 8.61. The highest BCUT2D eigenvalue weighted by molar-refractivity contribution is 5.81. The molecule has 5 nitrogen and oxygen atoms in total. The number of ether oxygens (including phenoxy) is 2. The summed E-state index contributed by atoms with van der Waals surface area (Å²) in [7, 11) is 0. The lowest BCUT2D eigenvalue weighted by atomic mass is 9.96. The van der Waals surface area contributed by atoms with Crippen molar-refractivity contribution in [3.8, 4) is 5.75 Å². The van der Waals surface area contributed by atoms with Crippen LogP contribution < -0.4 is 4.74 Å². The molecular weight excluding hydrogens is 306 g/mol. The fourth-order valence-electron chi connectivity index (χ4n) is 2.93. The van der Waals surface area contributed by atoms with Gasteiger partial charge in [-0.3, -0.25) is 9.59 Å². The molecule has 0 aromatic heterocycles. The predicted molar refractivity (Wildman–Crippen MR) is 91.9 cm³/mol. The maximum atomic E-state index is 12.6. The Bertz CT molecular complexity index is 591. The fourth-order valence-corrected chi connectivity index (χ4v) is 2.93. The van der Waals surface area contributed by atoms with Crippen LogP contribution in [0.2, 0.25) is 0 Å². The monoisotopic (exact) mass is 333 g/mol. The summed E-state index contributed by atoms with van der Waals surface area (Å²) in [4.78, 5) is 26.1. The van der Waals surface area contributed by atoms with Gasteiger partial charge in [0.05, 0.1) is 12.5 Å². The molecule has 1 fully saturated rings. The van der Waals surface area contributed by atoms with Crippen LogP contribution in [0.3, 0.4) is 0 Å². The molecule has 0 aliphatic carbocycles. The van der Waals surface area contributed by atoms with E-state index < -0.39 is 6.10 Å². The zero-order chi connectivity index (χ0) is 17.7. The Morgan fingerprint density at radius 3 is 2.54 bits per heavy atom. The van der Waals surface area contributed by atoms with Crippen LogP contribution in [0, 0.1) is 19.8 Å². The van der Waals surface area contributed by atoms with E-state index in [1.807, 2.05) is 39.0 Å². The third kappa shape index (κ3) is 4.49. The lowest BCUT2D eigenvalue weighted by molar-refractivity contribution is -0.152. The van der Waals surface area contributed by atoms with E-state index in [2.05, 4.69) is 0 Å². The number of nitrogens with zero attached hydrogens (tertiary/aromatic N) is 1. The molecule has 0 saturated carbocycles. The first-order valence-corrected chi connectivity index (χ1v) is 8.61. The van der Waals surface area contributed by atoms with E-state index >= 15 is 0 Å². The van der Waals surface area contributed by atoms with Gasteiger partial charge in [-0.05, 0) is 57.7 Å². The first-order chi connectivity index (χ1) is 11.4. The Morgan fingerprint density at radius 1 is 1.25 bits per heavy atom. The average molecular weight is 333 g/mol. The number of hydrogen-bond donors (Lipinski definition) is 0. The zero-order valence-electron chi connectivity index (χ0n) is 15.0. The number of likely N-dealkylation sites (tertiary alicyclic amines) is 1. The Morgan fingerprint density at radius 2 is 1.92 bits per heavy atom. The summed E-state index contributed by atoms with van der Waals surface area (Å²) >= 11 is 0. The van der Waals surface area contributed by atoms with Gasteiger partial charge in [-0.15, -0.1) is 0 Å². The lowest BCUT2D eigenvalue weighted by Crippen LogP contribution is -2.46. The van der Waals surface area contributed by atoms with Gasteiger partial charge in [0.15, 0.2) is 6.10 Å². The molecule has 1 aliphatic heterocycles.